The van der Waals surface area contributed by atoms with Crippen LogP contribution in [0.3, 0.4) is 0 Å². The average molecular weight is 188 g/mol. The Labute approximate surface area is 83.2 Å². The van der Waals surface area contributed by atoms with Crippen molar-refractivity contribution >= 4 is 18.4 Å². The number of carbonyl (C=O) groups is 1. The standard InChI is InChI=1S/C12H12O2/c13-8-2-6-11-4-1-5-12(10-11)7-3-9-14/h1-8,10,14H,9H2/b6-2+,7-3+. The third kappa shape index (κ3) is 3.37. The van der Waals surface area contributed by atoms with Crippen LogP contribution in [0.15, 0.2) is 36.4 Å². The Balaban J connectivity index is 2.83. The summed E-state index contributed by atoms with van der Waals surface area (Å²) in [5.41, 5.74) is 1.98. The van der Waals surface area contributed by atoms with Gasteiger partial charge < -0.3 is 5.11 Å². The Morgan fingerprint density at radius 1 is 1.21 bits per heavy atom. The van der Waals surface area contributed by atoms with E-state index in [4.69, 9.17) is 5.11 Å². The number of aliphatic hydroxyl groups excluding tert-OH is 1. The molecule has 2 heteroatoms. The van der Waals surface area contributed by atoms with Gasteiger partial charge in [-0.05, 0) is 23.3 Å². The number of aliphatic hydroxyl groups is 1. The number of hydrogen-bond donors (Lipinski definition) is 1. The summed E-state index contributed by atoms with van der Waals surface area (Å²) >= 11 is 0. The molecule has 14 heavy (non-hydrogen) atoms. The Kier molecular flexibility index (Phi) is 4.38. The van der Waals surface area contributed by atoms with Gasteiger partial charge in [0.25, 0.3) is 0 Å². The van der Waals surface area contributed by atoms with Gasteiger partial charge in [-0.2, -0.15) is 0 Å². The summed E-state index contributed by atoms with van der Waals surface area (Å²) in [6, 6.07) is 7.69. The fourth-order valence-electron chi connectivity index (χ4n) is 1.11. The summed E-state index contributed by atoms with van der Waals surface area (Å²) in [6.45, 7) is 0.0361. The monoisotopic (exact) mass is 188 g/mol. The SMILES string of the molecule is O=C/C=C/c1cccc(/C=C/CO)c1. The van der Waals surface area contributed by atoms with Crippen LogP contribution in [0.1, 0.15) is 11.1 Å². The predicted molar refractivity (Wildman–Crippen MR) is 57.7 cm³/mol. The van der Waals surface area contributed by atoms with E-state index in [0.29, 0.717) is 0 Å². The van der Waals surface area contributed by atoms with E-state index < -0.39 is 0 Å². The van der Waals surface area contributed by atoms with Crippen molar-refractivity contribution in [2.45, 2.75) is 0 Å². The van der Waals surface area contributed by atoms with Crippen molar-refractivity contribution in [2.75, 3.05) is 6.61 Å². The first-order chi connectivity index (χ1) is 6.86. The second-order valence-electron chi connectivity index (χ2n) is 2.75. The largest absolute Gasteiger partial charge is 0.392 e. The van der Waals surface area contributed by atoms with Crippen molar-refractivity contribution in [3.05, 3.63) is 47.5 Å². The summed E-state index contributed by atoms with van der Waals surface area (Å²) in [5, 5.41) is 8.59. The van der Waals surface area contributed by atoms with E-state index in [9.17, 15) is 4.79 Å². The van der Waals surface area contributed by atoms with Crippen LogP contribution in [0.2, 0.25) is 0 Å². The van der Waals surface area contributed by atoms with Crippen LogP contribution in [-0.2, 0) is 4.79 Å². The van der Waals surface area contributed by atoms with E-state index in [-0.39, 0.29) is 6.61 Å². The minimum Gasteiger partial charge on any atom is -0.392 e. The summed E-state index contributed by atoms with van der Waals surface area (Å²) in [6.07, 6.45) is 7.44. The molecule has 0 spiro atoms. The molecule has 0 bridgehead atoms. The first-order valence-electron chi connectivity index (χ1n) is 4.36. The highest BCUT2D eigenvalue weighted by Gasteiger charge is 1.88. The molecule has 0 atom stereocenters. The highest BCUT2D eigenvalue weighted by molar-refractivity contribution is 5.74. The molecule has 0 aliphatic rings. The third-order valence-electron chi connectivity index (χ3n) is 1.69. The second-order valence-corrected chi connectivity index (χ2v) is 2.75. The molecule has 0 amide bonds. The first kappa shape index (κ1) is 10.4. The van der Waals surface area contributed by atoms with Gasteiger partial charge in [0.05, 0.1) is 6.61 Å². The molecule has 0 aliphatic carbocycles. The van der Waals surface area contributed by atoms with E-state index >= 15 is 0 Å². The predicted octanol–water partition coefficient (Wildman–Crippen LogP) is 1.90. The highest BCUT2D eigenvalue weighted by atomic mass is 16.2. The molecule has 0 fully saturated rings. The Morgan fingerprint density at radius 3 is 2.57 bits per heavy atom. The minimum absolute atomic E-state index is 0.0361. The molecule has 2 nitrogen and oxygen atoms in total. The zero-order chi connectivity index (χ0) is 10.2. The lowest BCUT2D eigenvalue weighted by atomic mass is 10.1. The molecule has 0 saturated heterocycles. The minimum atomic E-state index is 0.0361. The summed E-state index contributed by atoms with van der Waals surface area (Å²) in [7, 11) is 0. The van der Waals surface area contributed by atoms with Gasteiger partial charge in [0, 0.05) is 0 Å². The normalized spacial score (nSPS) is 11.2. The lowest BCUT2D eigenvalue weighted by molar-refractivity contribution is -0.104. The molecule has 1 N–H and O–H groups in total. The van der Waals surface area contributed by atoms with Crippen LogP contribution in [-0.4, -0.2) is 18.0 Å². The van der Waals surface area contributed by atoms with Gasteiger partial charge in [-0.1, -0.05) is 36.4 Å². The molecule has 0 radical (unpaired) electrons. The van der Waals surface area contributed by atoms with Gasteiger partial charge in [0.15, 0.2) is 0 Å². The Hall–Kier alpha value is -1.67. The number of rotatable bonds is 4. The fraction of sp³-hybridized carbons (Fsp3) is 0.0833. The van der Waals surface area contributed by atoms with Gasteiger partial charge in [0.1, 0.15) is 6.29 Å². The number of benzene rings is 1. The van der Waals surface area contributed by atoms with Gasteiger partial charge in [-0.25, -0.2) is 0 Å². The average Bonchev–Trinajstić information content (AvgIpc) is 2.24. The van der Waals surface area contributed by atoms with Crippen molar-refractivity contribution in [1.82, 2.24) is 0 Å². The molecule has 0 unspecified atom stereocenters. The van der Waals surface area contributed by atoms with E-state index in [1.165, 1.54) is 6.08 Å². The number of carbonyl (C=O) groups excluding carboxylic acids is 1. The molecule has 72 valence electrons. The zero-order valence-corrected chi connectivity index (χ0v) is 7.76. The molecule has 1 rings (SSSR count). The van der Waals surface area contributed by atoms with E-state index in [0.717, 1.165) is 17.4 Å². The quantitative estimate of drug-likeness (QED) is 0.579. The van der Waals surface area contributed by atoms with E-state index in [1.54, 1.807) is 12.2 Å². The van der Waals surface area contributed by atoms with Crippen molar-refractivity contribution in [2.24, 2.45) is 0 Å². The highest BCUT2D eigenvalue weighted by Crippen LogP contribution is 2.08. The first-order valence-corrected chi connectivity index (χ1v) is 4.36. The zero-order valence-electron chi connectivity index (χ0n) is 7.76. The van der Waals surface area contributed by atoms with Crippen molar-refractivity contribution in [3.63, 3.8) is 0 Å². The Bertz CT molecular complexity index is 351. The van der Waals surface area contributed by atoms with E-state index in [1.807, 2.05) is 30.3 Å². The van der Waals surface area contributed by atoms with Crippen LogP contribution in [0.4, 0.5) is 0 Å². The molecule has 0 aliphatic heterocycles. The third-order valence-corrected chi connectivity index (χ3v) is 1.69. The molecule has 0 heterocycles. The van der Waals surface area contributed by atoms with E-state index in [2.05, 4.69) is 0 Å². The van der Waals surface area contributed by atoms with Crippen LogP contribution in [0.25, 0.3) is 12.2 Å². The smallest absolute Gasteiger partial charge is 0.142 e. The van der Waals surface area contributed by atoms with Crippen molar-refractivity contribution in [1.29, 1.82) is 0 Å². The lowest BCUT2D eigenvalue weighted by Crippen LogP contribution is -1.77. The van der Waals surface area contributed by atoms with Crippen molar-refractivity contribution in [3.8, 4) is 0 Å². The molecule has 0 saturated carbocycles. The maximum Gasteiger partial charge on any atom is 0.142 e. The van der Waals surface area contributed by atoms with Crippen LogP contribution in [0.5, 0.6) is 0 Å². The number of allylic oxidation sites excluding steroid dienone is 1. The van der Waals surface area contributed by atoms with Crippen LogP contribution >= 0.6 is 0 Å². The molecule has 1 aromatic rings. The fourth-order valence-corrected chi connectivity index (χ4v) is 1.11. The van der Waals surface area contributed by atoms with Gasteiger partial charge in [0.2, 0.25) is 0 Å². The lowest BCUT2D eigenvalue weighted by Gasteiger charge is -1.95. The summed E-state index contributed by atoms with van der Waals surface area (Å²) in [5.74, 6) is 0. The molecule has 1 aromatic carbocycles. The van der Waals surface area contributed by atoms with Crippen LogP contribution < -0.4 is 0 Å². The molecule has 0 aromatic heterocycles. The summed E-state index contributed by atoms with van der Waals surface area (Å²) < 4.78 is 0. The number of aldehydes is 1. The second kappa shape index (κ2) is 5.89. The Morgan fingerprint density at radius 2 is 1.93 bits per heavy atom. The van der Waals surface area contributed by atoms with Gasteiger partial charge in [-0.15, -0.1) is 0 Å². The topological polar surface area (TPSA) is 37.3 Å². The number of hydrogen-bond acceptors (Lipinski definition) is 2. The van der Waals surface area contributed by atoms with Gasteiger partial charge in [-0.3, -0.25) is 4.79 Å². The van der Waals surface area contributed by atoms with Crippen molar-refractivity contribution < 1.29 is 9.90 Å². The molecular formula is C12H12O2. The maximum atomic E-state index is 10.1. The van der Waals surface area contributed by atoms with Gasteiger partial charge >= 0.3 is 0 Å². The summed E-state index contributed by atoms with van der Waals surface area (Å²) in [4.78, 5) is 10.1. The van der Waals surface area contributed by atoms with Crippen LogP contribution in [0, 0.1) is 0 Å². The molecular weight excluding hydrogens is 176 g/mol. The maximum absolute atomic E-state index is 10.1.